The lowest BCUT2D eigenvalue weighted by molar-refractivity contribution is -0.133. The molecule has 0 spiro atoms. The SMILES string of the molecule is CCC(=O)N1C[C@H]2C[C@@H](C1)N2c1cc(-c2nc3ccccc3n2C)c(Cl)cn1. The molecular formula is C21H22ClN5O. The number of fused-ring (bicyclic) bond motifs is 3. The van der Waals surface area contributed by atoms with Crippen LogP contribution in [0.3, 0.4) is 0 Å². The molecule has 3 fully saturated rings. The van der Waals surface area contributed by atoms with Gasteiger partial charge >= 0.3 is 0 Å². The Kier molecular flexibility index (Phi) is 4.05. The Hall–Kier alpha value is -2.60. The molecule has 2 aromatic heterocycles. The minimum absolute atomic E-state index is 0.235. The number of anilines is 1. The monoisotopic (exact) mass is 395 g/mol. The lowest BCUT2D eigenvalue weighted by Crippen LogP contribution is -2.70. The van der Waals surface area contributed by atoms with Crippen molar-refractivity contribution in [2.75, 3.05) is 18.0 Å². The van der Waals surface area contributed by atoms with Crippen LogP contribution in [0.2, 0.25) is 5.02 Å². The number of piperazine rings is 1. The van der Waals surface area contributed by atoms with E-state index in [-0.39, 0.29) is 5.91 Å². The molecule has 7 heteroatoms. The summed E-state index contributed by atoms with van der Waals surface area (Å²) in [5, 5.41) is 0.593. The van der Waals surface area contributed by atoms with Crippen molar-refractivity contribution in [3.63, 3.8) is 0 Å². The molecule has 0 saturated carbocycles. The van der Waals surface area contributed by atoms with Crippen LogP contribution in [0.15, 0.2) is 36.5 Å². The van der Waals surface area contributed by atoms with Crippen molar-refractivity contribution < 1.29 is 4.79 Å². The Morgan fingerprint density at radius 3 is 2.71 bits per heavy atom. The second kappa shape index (κ2) is 6.48. The Morgan fingerprint density at radius 2 is 2.00 bits per heavy atom. The zero-order chi connectivity index (χ0) is 19.4. The third-order valence-electron chi connectivity index (χ3n) is 5.98. The first-order valence-corrected chi connectivity index (χ1v) is 10.1. The van der Waals surface area contributed by atoms with Crippen molar-refractivity contribution >= 4 is 34.4 Å². The number of halogens is 1. The van der Waals surface area contributed by atoms with E-state index >= 15 is 0 Å². The minimum Gasteiger partial charge on any atom is -0.347 e. The number of aromatic nitrogens is 3. The van der Waals surface area contributed by atoms with Gasteiger partial charge in [-0.1, -0.05) is 30.7 Å². The number of carbonyl (C=O) groups is 1. The van der Waals surface area contributed by atoms with Crippen LogP contribution >= 0.6 is 11.6 Å². The number of rotatable bonds is 3. The summed E-state index contributed by atoms with van der Waals surface area (Å²) in [6, 6.07) is 10.8. The highest BCUT2D eigenvalue weighted by atomic mass is 35.5. The second-order valence-corrected chi connectivity index (χ2v) is 8.02. The highest BCUT2D eigenvalue weighted by molar-refractivity contribution is 6.33. The van der Waals surface area contributed by atoms with Gasteiger partial charge in [-0.2, -0.15) is 0 Å². The van der Waals surface area contributed by atoms with E-state index in [4.69, 9.17) is 16.6 Å². The van der Waals surface area contributed by atoms with E-state index in [0.717, 1.165) is 47.7 Å². The summed E-state index contributed by atoms with van der Waals surface area (Å²) in [5.41, 5.74) is 2.90. The number of hydrogen-bond donors (Lipinski definition) is 0. The standard InChI is InChI=1S/C21H22ClN5O/c1-3-20(28)26-11-13-8-14(12-26)27(13)19-9-15(16(22)10-23-19)21-24-17-6-4-5-7-18(17)25(21)2/h4-7,9-10,13-14H,3,8,11-12H2,1-2H3/t13-,14+. The molecule has 0 aliphatic carbocycles. The summed E-state index contributed by atoms with van der Waals surface area (Å²) in [6.45, 7) is 3.47. The Bertz CT molecular complexity index is 1070. The van der Waals surface area contributed by atoms with E-state index < -0.39 is 0 Å². The number of amides is 1. The summed E-state index contributed by atoms with van der Waals surface area (Å²) in [4.78, 5) is 25.7. The van der Waals surface area contributed by atoms with E-state index in [2.05, 4.69) is 20.5 Å². The lowest BCUT2D eigenvalue weighted by Gasteiger charge is -2.57. The van der Waals surface area contributed by atoms with Gasteiger partial charge in [-0.25, -0.2) is 9.97 Å². The molecule has 1 aromatic carbocycles. The van der Waals surface area contributed by atoms with Crippen LogP contribution < -0.4 is 4.90 Å². The summed E-state index contributed by atoms with van der Waals surface area (Å²) in [6.07, 6.45) is 3.39. The Morgan fingerprint density at radius 1 is 1.25 bits per heavy atom. The number of carbonyl (C=O) groups excluding carboxylic acids is 1. The lowest BCUT2D eigenvalue weighted by atomic mass is 9.87. The van der Waals surface area contributed by atoms with Gasteiger partial charge in [0, 0.05) is 38.3 Å². The molecule has 6 rings (SSSR count). The molecule has 5 heterocycles. The summed E-state index contributed by atoms with van der Waals surface area (Å²) < 4.78 is 2.07. The average molecular weight is 396 g/mol. The number of imidazole rings is 1. The highest BCUT2D eigenvalue weighted by Crippen LogP contribution is 2.39. The number of piperidine rings is 1. The maximum absolute atomic E-state index is 12.0. The van der Waals surface area contributed by atoms with Crippen molar-refractivity contribution in [1.82, 2.24) is 19.4 Å². The smallest absolute Gasteiger partial charge is 0.222 e. The number of nitrogens with zero attached hydrogens (tertiary/aromatic N) is 5. The third kappa shape index (κ3) is 2.58. The van der Waals surface area contributed by atoms with Crippen molar-refractivity contribution in [2.24, 2.45) is 7.05 Å². The van der Waals surface area contributed by atoms with Crippen LogP contribution in [-0.2, 0) is 11.8 Å². The van der Waals surface area contributed by atoms with Gasteiger partial charge in [0.15, 0.2) is 0 Å². The van der Waals surface area contributed by atoms with Gasteiger partial charge in [-0.3, -0.25) is 4.79 Å². The molecule has 6 nitrogen and oxygen atoms in total. The normalized spacial score (nSPS) is 21.1. The van der Waals surface area contributed by atoms with Crippen LogP contribution in [0, 0.1) is 0 Å². The molecule has 0 N–H and O–H groups in total. The summed E-state index contributed by atoms with van der Waals surface area (Å²) in [7, 11) is 2.01. The van der Waals surface area contributed by atoms with Gasteiger partial charge < -0.3 is 14.4 Å². The fourth-order valence-electron chi connectivity index (χ4n) is 4.54. The van der Waals surface area contributed by atoms with E-state index in [1.165, 1.54) is 0 Å². The maximum atomic E-state index is 12.0. The molecule has 2 atom stereocenters. The molecule has 2 bridgehead atoms. The van der Waals surface area contributed by atoms with Crippen LogP contribution in [0.25, 0.3) is 22.4 Å². The van der Waals surface area contributed by atoms with Crippen LogP contribution in [0.4, 0.5) is 5.82 Å². The molecule has 1 amide bonds. The van der Waals surface area contributed by atoms with Crippen molar-refractivity contribution in [1.29, 1.82) is 0 Å². The van der Waals surface area contributed by atoms with Gasteiger partial charge in [-0.05, 0) is 24.6 Å². The first kappa shape index (κ1) is 17.5. The Labute approximate surface area is 168 Å². The van der Waals surface area contributed by atoms with E-state index in [0.29, 0.717) is 23.5 Å². The highest BCUT2D eigenvalue weighted by Gasteiger charge is 2.46. The second-order valence-electron chi connectivity index (χ2n) is 7.61. The number of benzene rings is 1. The van der Waals surface area contributed by atoms with Crippen molar-refractivity contribution in [3.05, 3.63) is 41.6 Å². The van der Waals surface area contributed by atoms with Crippen molar-refractivity contribution in [3.8, 4) is 11.4 Å². The molecular weight excluding hydrogens is 374 g/mol. The third-order valence-corrected chi connectivity index (χ3v) is 6.28. The van der Waals surface area contributed by atoms with Crippen LogP contribution in [-0.4, -0.2) is 50.5 Å². The van der Waals surface area contributed by atoms with Gasteiger partial charge in [0.2, 0.25) is 5.91 Å². The predicted molar refractivity (Wildman–Crippen MR) is 110 cm³/mol. The fourth-order valence-corrected chi connectivity index (χ4v) is 4.73. The first-order chi connectivity index (χ1) is 13.6. The summed E-state index contributed by atoms with van der Waals surface area (Å²) >= 11 is 6.51. The number of hydrogen-bond acceptors (Lipinski definition) is 4. The van der Waals surface area contributed by atoms with Crippen LogP contribution in [0.5, 0.6) is 0 Å². The topological polar surface area (TPSA) is 54.3 Å². The van der Waals surface area contributed by atoms with Gasteiger partial charge in [-0.15, -0.1) is 0 Å². The van der Waals surface area contributed by atoms with E-state index in [1.54, 1.807) is 6.20 Å². The molecule has 3 aliphatic rings. The zero-order valence-corrected chi connectivity index (χ0v) is 16.7. The average Bonchev–Trinajstić information content (AvgIpc) is 3.05. The summed E-state index contributed by atoms with van der Waals surface area (Å²) in [5.74, 6) is 1.98. The molecule has 144 valence electrons. The van der Waals surface area contributed by atoms with Gasteiger partial charge in [0.05, 0.1) is 28.1 Å². The van der Waals surface area contributed by atoms with Crippen molar-refractivity contribution in [2.45, 2.75) is 31.8 Å². The quantitative estimate of drug-likeness (QED) is 0.681. The van der Waals surface area contributed by atoms with Gasteiger partial charge in [0.1, 0.15) is 11.6 Å². The molecule has 3 saturated heterocycles. The predicted octanol–water partition coefficient (Wildman–Crippen LogP) is 3.49. The molecule has 3 aliphatic heterocycles. The molecule has 3 aromatic rings. The maximum Gasteiger partial charge on any atom is 0.222 e. The number of para-hydroxylation sites is 2. The number of pyridine rings is 1. The first-order valence-electron chi connectivity index (χ1n) is 9.70. The van der Waals surface area contributed by atoms with Gasteiger partial charge in [0.25, 0.3) is 0 Å². The minimum atomic E-state index is 0.235. The van der Waals surface area contributed by atoms with E-state index in [9.17, 15) is 4.79 Å². The molecule has 0 radical (unpaired) electrons. The van der Waals surface area contributed by atoms with E-state index in [1.807, 2.05) is 43.1 Å². The zero-order valence-electron chi connectivity index (χ0n) is 16.0. The molecule has 0 unspecified atom stereocenters. The van der Waals surface area contributed by atoms with Crippen LogP contribution in [0.1, 0.15) is 19.8 Å². The number of aryl methyl sites for hydroxylation is 1. The largest absolute Gasteiger partial charge is 0.347 e. The molecule has 28 heavy (non-hydrogen) atoms. The fraction of sp³-hybridized carbons (Fsp3) is 0.381. The Balaban J connectivity index is 1.49.